The van der Waals surface area contributed by atoms with Gasteiger partial charge < -0.3 is 13.6 Å². The minimum atomic E-state index is 0.582. The maximum atomic E-state index is 10.0. The Labute approximate surface area is 280 Å². The second-order valence-electron chi connectivity index (χ2n) is 12.4. The molecule has 3 heterocycles. The zero-order valence-electron chi connectivity index (χ0n) is 26.1. The Morgan fingerprint density at radius 3 is 2.02 bits per heavy atom. The van der Waals surface area contributed by atoms with E-state index < -0.39 is 0 Å². The highest BCUT2D eigenvalue weighted by Gasteiger charge is 2.21. The highest BCUT2D eigenvalue weighted by Crippen LogP contribution is 2.43. The lowest BCUT2D eigenvalue weighted by atomic mass is 9.99. The number of nitriles is 2. The molecule has 7 aromatic carbocycles. The molecule has 3 aromatic heterocycles. The summed E-state index contributed by atoms with van der Waals surface area (Å²) in [6.45, 7) is 0. The van der Waals surface area contributed by atoms with Crippen molar-refractivity contribution in [1.82, 2.24) is 9.13 Å². The van der Waals surface area contributed by atoms with Gasteiger partial charge in [0.05, 0.1) is 56.4 Å². The van der Waals surface area contributed by atoms with E-state index in [9.17, 15) is 10.5 Å². The van der Waals surface area contributed by atoms with Crippen molar-refractivity contribution in [3.63, 3.8) is 0 Å². The fourth-order valence-electron chi connectivity index (χ4n) is 7.64. The van der Waals surface area contributed by atoms with E-state index in [0.717, 1.165) is 88.1 Å². The molecule has 5 heteroatoms. The molecule has 0 fully saturated rings. The van der Waals surface area contributed by atoms with Gasteiger partial charge in [0, 0.05) is 38.2 Å². The van der Waals surface area contributed by atoms with Gasteiger partial charge in [0.25, 0.3) is 0 Å². The molecular weight excluding hydrogens is 601 g/mol. The number of furan rings is 1. The van der Waals surface area contributed by atoms with Crippen LogP contribution in [0.3, 0.4) is 0 Å². The Balaban J connectivity index is 1.30. The van der Waals surface area contributed by atoms with Gasteiger partial charge in [0.15, 0.2) is 0 Å². The van der Waals surface area contributed by atoms with Crippen LogP contribution in [0.25, 0.3) is 88.1 Å². The minimum absolute atomic E-state index is 0.582. The van der Waals surface area contributed by atoms with Crippen LogP contribution in [0.2, 0.25) is 0 Å². The van der Waals surface area contributed by atoms with E-state index in [1.54, 1.807) is 0 Å². The van der Waals surface area contributed by atoms with Crippen molar-refractivity contribution < 1.29 is 4.42 Å². The highest BCUT2D eigenvalue weighted by atomic mass is 16.3. The van der Waals surface area contributed by atoms with E-state index in [2.05, 4.69) is 94.1 Å². The summed E-state index contributed by atoms with van der Waals surface area (Å²) in [6.07, 6.45) is 0. The van der Waals surface area contributed by atoms with Gasteiger partial charge in [-0.25, -0.2) is 0 Å². The van der Waals surface area contributed by atoms with E-state index in [0.29, 0.717) is 11.1 Å². The van der Waals surface area contributed by atoms with Gasteiger partial charge >= 0.3 is 0 Å². The topological polar surface area (TPSA) is 70.6 Å². The fraction of sp³-hybridized carbons (Fsp3) is 0. The summed E-state index contributed by atoms with van der Waals surface area (Å²) in [7, 11) is 0. The van der Waals surface area contributed by atoms with Crippen molar-refractivity contribution in [2.75, 3.05) is 0 Å². The Morgan fingerprint density at radius 1 is 0.469 bits per heavy atom. The Hall–Kier alpha value is -7.08. The molecule has 0 bridgehead atoms. The molecule has 226 valence electrons. The summed E-state index contributed by atoms with van der Waals surface area (Å²) in [5, 5.41) is 26.2. The molecule has 0 atom stereocenters. The van der Waals surface area contributed by atoms with Crippen LogP contribution in [-0.4, -0.2) is 9.13 Å². The Kier molecular flexibility index (Phi) is 5.64. The number of hydrogen-bond acceptors (Lipinski definition) is 3. The molecular formula is C44H24N4O. The fourth-order valence-corrected chi connectivity index (χ4v) is 7.64. The number of para-hydroxylation sites is 3. The summed E-state index contributed by atoms with van der Waals surface area (Å²) in [4.78, 5) is 0. The van der Waals surface area contributed by atoms with Gasteiger partial charge in [-0.2, -0.15) is 10.5 Å². The molecule has 0 saturated heterocycles. The van der Waals surface area contributed by atoms with Gasteiger partial charge in [-0.15, -0.1) is 0 Å². The van der Waals surface area contributed by atoms with Crippen molar-refractivity contribution in [3.8, 4) is 34.6 Å². The maximum Gasteiger partial charge on any atom is 0.145 e. The molecule has 0 aliphatic carbocycles. The monoisotopic (exact) mass is 624 g/mol. The maximum absolute atomic E-state index is 10.0. The molecule has 0 aliphatic heterocycles. The lowest BCUT2D eigenvalue weighted by Crippen LogP contribution is -1.98. The predicted molar refractivity (Wildman–Crippen MR) is 197 cm³/mol. The van der Waals surface area contributed by atoms with Crippen molar-refractivity contribution in [1.29, 1.82) is 10.5 Å². The van der Waals surface area contributed by atoms with Crippen LogP contribution in [0.5, 0.6) is 0 Å². The number of rotatable bonds is 3. The summed E-state index contributed by atoms with van der Waals surface area (Å²) in [6, 6.07) is 54.2. The first kappa shape index (κ1) is 27.1. The summed E-state index contributed by atoms with van der Waals surface area (Å²) < 4.78 is 11.1. The molecule has 0 saturated carbocycles. The molecule has 0 N–H and O–H groups in total. The largest absolute Gasteiger partial charge is 0.455 e. The second kappa shape index (κ2) is 10.2. The number of benzene rings is 7. The van der Waals surface area contributed by atoms with E-state index >= 15 is 0 Å². The molecule has 0 amide bonds. The van der Waals surface area contributed by atoms with Crippen LogP contribution in [-0.2, 0) is 0 Å². The Morgan fingerprint density at radius 2 is 1.16 bits per heavy atom. The third-order valence-electron chi connectivity index (χ3n) is 9.77. The average molecular weight is 625 g/mol. The van der Waals surface area contributed by atoms with Crippen molar-refractivity contribution in [3.05, 3.63) is 157 Å². The number of fused-ring (bicyclic) bond motifs is 10. The molecule has 5 nitrogen and oxygen atoms in total. The van der Waals surface area contributed by atoms with Gasteiger partial charge in [0.2, 0.25) is 0 Å². The van der Waals surface area contributed by atoms with Crippen molar-refractivity contribution >= 4 is 65.6 Å². The number of nitrogens with zero attached hydrogens (tertiary/aromatic N) is 4. The third kappa shape index (κ3) is 3.85. The third-order valence-corrected chi connectivity index (χ3v) is 9.77. The average Bonchev–Trinajstić information content (AvgIpc) is 3.82. The van der Waals surface area contributed by atoms with Crippen LogP contribution in [0.15, 0.2) is 150 Å². The normalized spacial score (nSPS) is 11.6. The van der Waals surface area contributed by atoms with Crippen molar-refractivity contribution in [2.24, 2.45) is 0 Å². The van der Waals surface area contributed by atoms with Crippen molar-refractivity contribution in [2.45, 2.75) is 0 Å². The molecule has 10 aromatic rings. The molecule has 10 rings (SSSR count). The quantitative estimate of drug-likeness (QED) is 0.196. The molecule has 49 heavy (non-hydrogen) atoms. The molecule has 0 spiro atoms. The zero-order chi connectivity index (χ0) is 32.6. The number of hydrogen-bond donors (Lipinski definition) is 0. The second-order valence-corrected chi connectivity index (χ2v) is 12.4. The van der Waals surface area contributed by atoms with Gasteiger partial charge in [-0.1, -0.05) is 66.7 Å². The Bertz CT molecular complexity index is 3070. The summed E-state index contributed by atoms with van der Waals surface area (Å²) in [5.74, 6) is 0. The van der Waals surface area contributed by atoms with E-state index in [4.69, 9.17) is 4.42 Å². The van der Waals surface area contributed by atoms with E-state index in [-0.39, 0.29) is 0 Å². The van der Waals surface area contributed by atoms with E-state index in [1.807, 2.05) is 72.8 Å². The van der Waals surface area contributed by atoms with Crippen LogP contribution in [0, 0.1) is 22.7 Å². The summed E-state index contributed by atoms with van der Waals surface area (Å²) in [5.41, 5.74) is 11.0. The first-order valence-corrected chi connectivity index (χ1v) is 16.1. The number of aromatic nitrogens is 2. The predicted octanol–water partition coefficient (Wildman–Crippen LogP) is 11.2. The zero-order valence-corrected chi connectivity index (χ0v) is 26.1. The van der Waals surface area contributed by atoms with Crippen LogP contribution < -0.4 is 0 Å². The summed E-state index contributed by atoms with van der Waals surface area (Å²) >= 11 is 0. The van der Waals surface area contributed by atoms with E-state index in [1.165, 1.54) is 0 Å². The molecule has 0 unspecified atom stereocenters. The first-order valence-electron chi connectivity index (χ1n) is 16.1. The smallest absolute Gasteiger partial charge is 0.145 e. The van der Waals surface area contributed by atoms with Crippen LogP contribution in [0.4, 0.5) is 0 Å². The van der Waals surface area contributed by atoms with Gasteiger partial charge in [-0.3, -0.25) is 0 Å². The minimum Gasteiger partial charge on any atom is -0.455 e. The highest BCUT2D eigenvalue weighted by molar-refractivity contribution is 6.24. The van der Waals surface area contributed by atoms with Crippen LogP contribution >= 0.6 is 0 Å². The van der Waals surface area contributed by atoms with Crippen LogP contribution in [0.1, 0.15) is 11.1 Å². The van der Waals surface area contributed by atoms with Gasteiger partial charge in [-0.05, 0) is 84.4 Å². The SMILES string of the molecule is N#Cc1ccc(-n2c3ccccc3c3cc(C#N)ccc32)c(-c2ccc3c4c5oc6ccccc6c5ccc4n(-c4ccccc4)c3c2)c1. The molecule has 0 aliphatic rings. The lowest BCUT2D eigenvalue weighted by molar-refractivity contribution is 0.673. The first-order chi connectivity index (χ1) is 24.2. The lowest BCUT2D eigenvalue weighted by Gasteiger charge is -2.15. The van der Waals surface area contributed by atoms with Gasteiger partial charge in [0.1, 0.15) is 11.2 Å². The standard InChI is InChI=1S/C44H24N4O/c45-25-27-14-19-38(48-37-12-6-4-10-31(37)36-23-28(26-46)15-20-39(36)48)35(22-27)29-16-17-34-41(24-29)47(30-8-2-1-3-9-30)40-21-18-33-32-11-5-7-13-42(32)49-44(33)43(34)40/h1-24H. The molecule has 0 radical (unpaired) electrons.